The minimum Gasteiger partial charge on any atom is -0.466 e. The molecule has 5 nitrogen and oxygen atoms in total. The van der Waals surface area contributed by atoms with E-state index in [1.54, 1.807) is 6.92 Å². The first-order valence-corrected chi connectivity index (χ1v) is 6.75. The van der Waals surface area contributed by atoms with E-state index in [2.05, 4.69) is 0 Å². The molecule has 1 amide bonds. The number of ether oxygens (including phenoxy) is 1. The predicted molar refractivity (Wildman–Crippen MR) is 68.8 cm³/mol. The van der Waals surface area contributed by atoms with Crippen molar-refractivity contribution in [3.63, 3.8) is 0 Å². The lowest BCUT2D eigenvalue weighted by molar-refractivity contribution is -0.143. The van der Waals surface area contributed by atoms with Crippen LogP contribution in [0.3, 0.4) is 0 Å². The number of hydrogen-bond acceptors (Lipinski definition) is 4. The fourth-order valence-electron chi connectivity index (χ4n) is 2.44. The van der Waals surface area contributed by atoms with Crippen LogP contribution < -0.4 is 5.73 Å². The van der Waals surface area contributed by atoms with E-state index >= 15 is 0 Å². The minimum absolute atomic E-state index is 0.0291. The van der Waals surface area contributed by atoms with E-state index in [0.717, 1.165) is 19.4 Å². The molecule has 0 aromatic heterocycles. The van der Waals surface area contributed by atoms with Gasteiger partial charge in [0.2, 0.25) is 5.91 Å². The zero-order valence-corrected chi connectivity index (χ0v) is 11.4. The van der Waals surface area contributed by atoms with Crippen LogP contribution in [0, 0.1) is 5.92 Å². The SMILES string of the molecule is CCOC(=O)CCC1CC(N)CN(C(=O)CC)C1. The van der Waals surface area contributed by atoms with E-state index in [1.807, 2.05) is 11.8 Å². The van der Waals surface area contributed by atoms with E-state index in [-0.39, 0.29) is 17.9 Å². The number of nitrogens with zero attached hydrogens (tertiary/aromatic N) is 1. The molecule has 1 aliphatic heterocycles. The van der Waals surface area contributed by atoms with Crippen LogP contribution in [0.2, 0.25) is 0 Å². The summed E-state index contributed by atoms with van der Waals surface area (Å²) in [7, 11) is 0. The zero-order valence-electron chi connectivity index (χ0n) is 11.4. The third-order valence-corrected chi connectivity index (χ3v) is 3.29. The second kappa shape index (κ2) is 7.36. The molecule has 0 saturated carbocycles. The summed E-state index contributed by atoms with van der Waals surface area (Å²) < 4.78 is 4.90. The van der Waals surface area contributed by atoms with Crippen molar-refractivity contribution < 1.29 is 14.3 Å². The molecule has 1 heterocycles. The van der Waals surface area contributed by atoms with Gasteiger partial charge in [-0.3, -0.25) is 9.59 Å². The van der Waals surface area contributed by atoms with E-state index in [0.29, 0.717) is 31.9 Å². The summed E-state index contributed by atoms with van der Waals surface area (Å²) in [4.78, 5) is 24.8. The Morgan fingerprint density at radius 1 is 1.33 bits per heavy atom. The molecular formula is C13H24N2O3. The number of rotatable bonds is 5. The van der Waals surface area contributed by atoms with Gasteiger partial charge in [-0.2, -0.15) is 0 Å². The van der Waals surface area contributed by atoms with Gasteiger partial charge in [-0.05, 0) is 25.7 Å². The van der Waals surface area contributed by atoms with Gasteiger partial charge in [0.05, 0.1) is 6.61 Å². The van der Waals surface area contributed by atoms with E-state index in [9.17, 15) is 9.59 Å². The number of hydrogen-bond donors (Lipinski definition) is 1. The summed E-state index contributed by atoms with van der Waals surface area (Å²) in [5, 5.41) is 0. The molecule has 104 valence electrons. The van der Waals surface area contributed by atoms with Crippen molar-refractivity contribution >= 4 is 11.9 Å². The van der Waals surface area contributed by atoms with Gasteiger partial charge in [0.15, 0.2) is 0 Å². The Hall–Kier alpha value is -1.10. The lowest BCUT2D eigenvalue weighted by Gasteiger charge is -2.36. The largest absolute Gasteiger partial charge is 0.466 e. The van der Waals surface area contributed by atoms with Crippen LogP contribution in [0.5, 0.6) is 0 Å². The number of nitrogens with two attached hydrogens (primary N) is 1. The molecule has 0 aliphatic carbocycles. The molecule has 0 bridgehead atoms. The van der Waals surface area contributed by atoms with Gasteiger partial charge in [0.1, 0.15) is 0 Å². The van der Waals surface area contributed by atoms with Crippen molar-refractivity contribution in [3.05, 3.63) is 0 Å². The quantitative estimate of drug-likeness (QED) is 0.742. The van der Waals surface area contributed by atoms with Crippen LogP contribution >= 0.6 is 0 Å². The number of esters is 1. The van der Waals surface area contributed by atoms with Crippen molar-refractivity contribution in [1.82, 2.24) is 4.90 Å². The van der Waals surface area contributed by atoms with Gasteiger partial charge < -0.3 is 15.4 Å². The number of piperidine rings is 1. The minimum atomic E-state index is -0.162. The number of likely N-dealkylation sites (tertiary alicyclic amines) is 1. The summed E-state index contributed by atoms with van der Waals surface area (Å²) in [6, 6.07) is 0.0291. The Balaban J connectivity index is 2.41. The average Bonchev–Trinajstić information content (AvgIpc) is 2.35. The topological polar surface area (TPSA) is 72.6 Å². The molecule has 0 aromatic rings. The van der Waals surface area contributed by atoms with Crippen molar-refractivity contribution in [2.45, 2.75) is 45.6 Å². The molecule has 1 rings (SSSR count). The normalized spacial score (nSPS) is 23.8. The van der Waals surface area contributed by atoms with Crippen LogP contribution in [-0.4, -0.2) is 42.5 Å². The molecule has 5 heteroatoms. The Bertz CT molecular complexity index is 294. The Morgan fingerprint density at radius 3 is 2.67 bits per heavy atom. The molecule has 1 aliphatic rings. The Morgan fingerprint density at radius 2 is 2.06 bits per heavy atom. The van der Waals surface area contributed by atoms with Crippen LogP contribution in [0.1, 0.15) is 39.5 Å². The fourth-order valence-corrected chi connectivity index (χ4v) is 2.44. The summed E-state index contributed by atoms with van der Waals surface area (Å²) in [5.74, 6) is 0.296. The predicted octanol–water partition coefficient (Wildman–Crippen LogP) is 0.915. The third-order valence-electron chi connectivity index (χ3n) is 3.29. The highest BCUT2D eigenvalue weighted by molar-refractivity contribution is 5.76. The highest BCUT2D eigenvalue weighted by Gasteiger charge is 2.27. The van der Waals surface area contributed by atoms with Gasteiger partial charge in [-0.15, -0.1) is 0 Å². The summed E-state index contributed by atoms with van der Waals surface area (Å²) in [6.07, 6.45) is 2.56. The average molecular weight is 256 g/mol. The zero-order chi connectivity index (χ0) is 13.5. The third kappa shape index (κ3) is 4.64. The maximum atomic E-state index is 11.7. The molecule has 1 saturated heterocycles. The molecule has 1 fully saturated rings. The van der Waals surface area contributed by atoms with Gasteiger partial charge in [-0.25, -0.2) is 0 Å². The molecule has 0 spiro atoms. The Kier molecular flexibility index (Phi) is 6.12. The van der Waals surface area contributed by atoms with E-state index < -0.39 is 0 Å². The summed E-state index contributed by atoms with van der Waals surface area (Å²) >= 11 is 0. The second-order valence-electron chi connectivity index (χ2n) is 4.86. The van der Waals surface area contributed by atoms with Gasteiger partial charge in [0, 0.05) is 32.0 Å². The lowest BCUT2D eigenvalue weighted by Crippen LogP contribution is -2.49. The van der Waals surface area contributed by atoms with Crippen LogP contribution in [0.15, 0.2) is 0 Å². The molecule has 2 N–H and O–H groups in total. The smallest absolute Gasteiger partial charge is 0.305 e. The second-order valence-corrected chi connectivity index (χ2v) is 4.86. The van der Waals surface area contributed by atoms with Gasteiger partial charge in [-0.1, -0.05) is 6.92 Å². The molecule has 2 unspecified atom stereocenters. The highest BCUT2D eigenvalue weighted by atomic mass is 16.5. The number of carbonyl (C=O) groups excluding carboxylic acids is 2. The molecule has 2 atom stereocenters. The first-order chi connectivity index (χ1) is 8.56. The summed E-state index contributed by atoms with van der Waals surface area (Å²) in [5.41, 5.74) is 5.96. The maximum absolute atomic E-state index is 11.7. The van der Waals surface area contributed by atoms with Crippen molar-refractivity contribution in [2.24, 2.45) is 11.7 Å². The van der Waals surface area contributed by atoms with Gasteiger partial charge in [0.25, 0.3) is 0 Å². The maximum Gasteiger partial charge on any atom is 0.305 e. The molecule has 18 heavy (non-hydrogen) atoms. The molecule has 0 radical (unpaired) electrons. The number of amides is 1. The Labute approximate surface area is 109 Å². The standard InChI is InChI=1S/C13H24N2O3/c1-3-12(16)15-8-10(7-11(14)9-15)5-6-13(17)18-4-2/h10-11H,3-9,14H2,1-2H3. The monoisotopic (exact) mass is 256 g/mol. The lowest BCUT2D eigenvalue weighted by atomic mass is 9.90. The van der Waals surface area contributed by atoms with Crippen molar-refractivity contribution in [3.8, 4) is 0 Å². The first kappa shape index (κ1) is 15.0. The van der Waals surface area contributed by atoms with Crippen LogP contribution in [0.25, 0.3) is 0 Å². The fraction of sp³-hybridized carbons (Fsp3) is 0.846. The van der Waals surface area contributed by atoms with Crippen LogP contribution in [-0.2, 0) is 14.3 Å². The highest BCUT2D eigenvalue weighted by Crippen LogP contribution is 2.21. The van der Waals surface area contributed by atoms with Crippen molar-refractivity contribution in [1.29, 1.82) is 0 Å². The van der Waals surface area contributed by atoms with Crippen LogP contribution in [0.4, 0.5) is 0 Å². The summed E-state index contributed by atoms with van der Waals surface area (Å²) in [6.45, 7) is 5.44. The van der Waals surface area contributed by atoms with Crippen molar-refractivity contribution in [2.75, 3.05) is 19.7 Å². The van der Waals surface area contributed by atoms with E-state index in [1.165, 1.54) is 0 Å². The van der Waals surface area contributed by atoms with Gasteiger partial charge >= 0.3 is 5.97 Å². The number of carbonyl (C=O) groups is 2. The molecular weight excluding hydrogens is 232 g/mol. The first-order valence-electron chi connectivity index (χ1n) is 6.75. The van der Waals surface area contributed by atoms with E-state index in [4.69, 9.17) is 10.5 Å². The molecule has 0 aromatic carbocycles.